The Morgan fingerprint density at radius 3 is 2.44 bits per heavy atom. The number of halogens is 3. The molecular weight excluding hydrogens is 423 g/mol. The van der Waals surface area contributed by atoms with Crippen molar-refractivity contribution in [2.45, 2.75) is 19.7 Å². The van der Waals surface area contributed by atoms with Crippen LogP contribution >= 0.6 is 0 Å². The molecule has 4 rings (SSSR count). The summed E-state index contributed by atoms with van der Waals surface area (Å²) in [6.07, 6.45) is -4.47. The monoisotopic (exact) mass is 441 g/mol. The lowest BCUT2D eigenvalue weighted by Gasteiger charge is -2.08. The zero-order valence-corrected chi connectivity index (χ0v) is 16.9. The molecule has 0 bridgehead atoms. The normalized spacial score (nSPS) is 11.5. The van der Waals surface area contributed by atoms with Gasteiger partial charge in [-0.05, 0) is 67.1 Å². The summed E-state index contributed by atoms with van der Waals surface area (Å²) in [5.74, 6) is 0.645. The van der Waals surface area contributed by atoms with Crippen LogP contribution in [-0.2, 0) is 12.8 Å². The minimum Gasteiger partial charge on any atom is -0.459 e. The highest BCUT2D eigenvalue weighted by Crippen LogP contribution is 2.33. The Morgan fingerprint density at radius 1 is 0.969 bits per heavy atom. The van der Waals surface area contributed by atoms with Crippen LogP contribution < -0.4 is 5.32 Å². The quantitative estimate of drug-likeness (QED) is 0.382. The molecule has 0 aliphatic heterocycles. The number of anilines is 1. The van der Waals surface area contributed by atoms with Crippen LogP contribution in [0.4, 0.5) is 18.9 Å². The summed E-state index contributed by atoms with van der Waals surface area (Å²) < 4.78 is 49.8. The number of carbonyl (C=O) groups is 1. The number of rotatable bonds is 5. The molecule has 5 nitrogen and oxygen atoms in total. The highest BCUT2D eigenvalue weighted by atomic mass is 19.4. The van der Waals surface area contributed by atoms with E-state index in [9.17, 15) is 18.0 Å². The van der Waals surface area contributed by atoms with Gasteiger partial charge in [-0.25, -0.2) is 0 Å². The van der Waals surface area contributed by atoms with E-state index >= 15 is 0 Å². The van der Waals surface area contributed by atoms with Crippen LogP contribution in [0.25, 0.3) is 22.6 Å². The molecule has 0 saturated heterocycles. The number of hydrogen-bond acceptors (Lipinski definition) is 4. The molecule has 0 spiro atoms. The van der Waals surface area contributed by atoms with Crippen molar-refractivity contribution < 1.29 is 31.9 Å². The predicted octanol–water partition coefficient (Wildman–Crippen LogP) is 6.28. The van der Waals surface area contributed by atoms with Gasteiger partial charge in [0, 0.05) is 16.8 Å². The maximum Gasteiger partial charge on any atom is 0.416 e. The summed E-state index contributed by atoms with van der Waals surface area (Å²) in [5.41, 5.74) is 1.59. The van der Waals surface area contributed by atoms with Gasteiger partial charge in [0.25, 0.3) is 5.91 Å². The third-order valence-corrected chi connectivity index (χ3v) is 4.87. The van der Waals surface area contributed by atoms with Crippen LogP contribution in [0.15, 0.2) is 75.6 Å². The van der Waals surface area contributed by atoms with Gasteiger partial charge in [-0.2, -0.15) is 13.2 Å². The number of aliphatic hydroxyl groups is 1. The van der Waals surface area contributed by atoms with E-state index in [2.05, 4.69) is 5.32 Å². The van der Waals surface area contributed by atoms with Crippen molar-refractivity contribution in [1.29, 1.82) is 0 Å². The Kier molecular flexibility index (Phi) is 5.63. The smallest absolute Gasteiger partial charge is 0.416 e. The molecule has 2 N–H and O–H groups in total. The first kappa shape index (κ1) is 21.5. The number of amides is 1. The Morgan fingerprint density at radius 2 is 1.75 bits per heavy atom. The molecule has 0 atom stereocenters. The van der Waals surface area contributed by atoms with Crippen molar-refractivity contribution in [3.63, 3.8) is 0 Å². The maximum absolute atomic E-state index is 12.9. The summed E-state index contributed by atoms with van der Waals surface area (Å²) in [6.45, 7) is 1.66. The average Bonchev–Trinajstić information content (AvgIpc) is 3.43. The van der Waals surface area contributed by atoms with E-state index in [0.717, 1.165) is 23.3 Å². The number of alkyl halides is 3. The van der Waals surface area contributed by atoms with E-state index in [1.54, 1.807) is 30.3 Å². The van der Waals surface area contributed by atoms with Crippen LogP contribution in [0.1, 0.15) is 27.4 Å². The molecule has 2 aromatic carbocycles. The molecule has 8 heteroatoms. The Hall–Kier alpha value is -3.78. The molecule has 4 aromatic rings. The van der Waals surface area contributed by atoms with E-state index in [1.165, 1.54) is 24.3 Å². The van der Waals surface area contributed by atoms with Gasteiger partial charge >= 0.3 is 6.18 Å². The van der Waals surface area contributed by atoms with Gasteiger partial charge in [0.2, 0.25) is 0 Å². The van der Waals surface area contributed by atoms with E-state index in [-0.39, 0.29) is 23.7 Å². The van der Waals surface area contributed by atoms with Gasteiger partial charge < -0.3 is 19.3 Å². The van der Waals surface area contributed by atoms with Gasteiger partial charge in [0.1, 0.15) is 23.9 Å². The van der Waals surface area contributed by atoms with Crippen molar-refractivity contribution in [1.82, 2.24) is 0 Å². The third-order valence-electron chi connectivity index (χ3n) is 4.87. The second kappa shape index (κ2) is 8.39. The van der Waals surface area contributed by atoms with E-state index < -0.39 is 17.6 Å². The molecule has 0 saturated carbocycles. The van der Waals surface area contributed by atoms with Gasteiger partial charge in [-0.15, -0.1) is 0 Å². The fourth-order valence-electron chi connectivity index (χ4n) is 3.28. The summed E-state index contributed by atoms with van der Waals surface area (Å²) in [7, 11) is 0. The SMILES string of the molecule is Cc1cc(NC(=O)c2ccc(-c3cccc(C(F)(F)F)c3)o2)ccc1-c1ccc(CO)o1. The average molecular weight is 441 g/mol. The summed E-state index contributed by atoms with van der Waals surface area (Å²) in [5, 5.41) is 11.9. The third kappa shape index (κ3) is 4.45. The molecule has 2 aromatic heterocycles. The van der Waals surface area contributed by atoms with Gasteiger partial charge in [0.05, 0.1) is 5.56 Å². The standard InChI is InChI=1S/C24H18F3NO4/c1-14-11-17(5-7-19(14)21-8-6-18(13-29)31-21)28-23(30)22-10-9-20(32-22)15-3-2-4-16(12-15)24(25,26)27/h2-12,29H,13H2,1H3,(H,28,30). The van der Waals surface area contributed by atoms with E-state index in [1.807, 2.05) is 6.92 Å². The second-order valence-electron chi connectivity index (χ2n) is 7.15. The molecule has 0 fully saturated rings. The van der Waals surface area contributed by atoms with Crippen molar-refractivity contribution in [2.24, 2.45) is 0 Å². The zero-order valence-electron chi connectivity index (χ0n) is 16.9. The molecular formula is C24H18F3NO4. The molecule has 0 aliphatic carbocycles. The molecule has 0 radical (unpaired) electrons. The van der Waals surface area contributed by atoms with Crippen molar-refractivity contribution in [2.75, 3.05) is 5.32 Å². The van der Waals surface area contributed by atoms with Crippen LogP contribution in [0.2, 0.25) is 0 Å². The fourth-order valence-corrected chi connectivity index (χ4v) is 3.28. The summed E-state index contributed by atoms with van der Waals surface area (Å²) >= 11 is 0. The maximum atomic E-state index is 12.9. The molecule has 0 aliphatic rings. The first-order chi connectivity index (χ1) is 15.2. The number of aryl methyl sites for hydroxylation is 1. The minimum absolute atomic E-state index is 0.0298. The number of carbonyl (C=O) groups excluding carboxylic acids is 1. The number of benzene rings is 2. The van der Waals surface area contributed by atoms with Crippen molar-refractivity contribution >= 4 is 11.6 Å². The molecule has 1 amide bonds. The Balaban J connectivity index is 1.50. The molecule has 32 heavy (non-hydrogen) atoms. The molecule has 0 unspecified atom stereocenters. The molecule has 164 valence electrons. The van der Waals surface area contributed by atoms with Crippen LogP contribution in [-0.4, -0.2) is 11.0 Å². The van der Waals surface area contributed by atoms with Crippen LogP contribution in [0.5, 0.6) is 0 Å². The lowest BCUT2D eigenvalue weighted by Crippen LogP contribution is -2.11. The first-order valence-electron chi connectivity index (χ1n) is 9.64. The minimum atomic E-state index is -4.47. The zero-order chi connectivity index (χ0) is 22.9. The Labute approximate surface area is 181 Å². The highest BCUT2D eigenvalue weighted by Gasteiger charge is 2.30. The lowest BCUT2D eigenvalue weighted by atomic mass is 10.1. The Bertz CT molecular complexity index is 1270. The molecule has 2 heterocycles. The van der Waals surface area contributed by atoms with E-state index in [0.29, 0.717) is 17.2 Å². The summed E-state index contributed by atoms with van der Waals surface area (Å²) in [4.78, 5) is 12.6. The highest BCUT2D eigenvalue weighted by molar-refractivity contribution is 6.02. The fraction of sp³-hybridized carbons (Fsp3) is 0.125. The topological polar surface area (TPSA) is 75.6 Å². The van der Waals surface area contributed by atoms with Crippen LogP contribution in [0.3, 0.4) is 0 Å². The van der Waals surface area contributed by atoms with Crippen molar-refractivity contribution in [3.05, 3.63) is 89.4 Å². The number of hydrogen-bond donors (Lipinski definition) is 2. The van der Waals surface area contributed by atoms with E-state index in [4.69, 9.17) is 13.9 Å². The number of aliphatic hydroxyl groups excluding tert-OH is 1. The van der Waals surface area contributed by atoms with Gasteiger partial charge in [-0.1, -0.05) is 12.1 Å². The largest absolute Gasteiger partial charge is 0.459 e. The van der Waals surface area contributed by atoms with Gasteiger partial charge in [0.15, 0.2) is 5.76 Å². The first-order valence-corrected chi connectivity index (χ1v) is 9.64. The number of furan rings is 2. The van der Waals surface area contributed by atoms with Gasteiger partial charge in [-0.3, -0.25) is 4.79 Å². The van der Waals surface area contributed by atoms with Crippen molar-refractivity contribution in [3.8, 4) is 22.6 Å². The number of nitrogens with one attached hydrogen (secondary N) is 1. The predicted molar refractivity (Wildman–Crippen MR) is 112 cm³/mol. The second-order valence-corrected chi connectivity index (χ2v) is 7.15. The van der Waals surface area contributed by atoms with Crippen LogP contribution in [0, 0.1) is 6.92 Å². The summed E-state index contributed by atoms with van der Waals surface area (Å²) in [6, 6.07) is 16.2. The lowest BCUT2D eigenvalue weighted by molar-refractivity contribution is -0.137.